The van der Waals surface area contributed by atoms with Crippen LogP contribution in [-0.4, -0.2) is 48.3 Å². The van der Waals surface area contributed by atoms with Crippen LogP contribution in [0.5, 0.6) is 0 Å². The number of ether oxygens (including phenoxy) is 4. The molecule has 0 aromatic heterocycles. The van der Waals surface area contributed by atoms with Crippen LogP contribution in [0.4, 0.5) is 0 Å². The molecule has 0 radical (unpaired) electrons. The van der Waals surface area contributed by atoms with Crippen LogP contribution in [0, 0.1) is 10.8 Å². The van der Waals surface area contributed by atoms with Gasteiger partial charge < -0.3 is 18.9 Å². The number of esters is 4. The van der Waals surface area contributed by atoms with Gasteiger partial charge >= 0.3 is 23.9 Å². The minimum absolute atomic E-state index is 0.141. The highest BCUT2D eigenvalue weighted by molar-refractivity contribution is 5.92. The summed E-state index contributed by atoms with van der Waals surface area (Å²) >= 11 is 0. The Morgan fingerprint density at radius 3 is 2.21 bits per heavy atom. The predicted octanol–water partition coefficient (Wildman–Crippen LogP) is 1.35. The molecular formula is C20H22O8. The first kappa shape index (κ1) is 17.7. The molecule has 4 aliphatic heterocycles. The van der Waals surface area contributed by atoms with Crippen molar-refractivity contribution in [2.45, 2.75) is 62.6 Å². The first-order valence-electron chi connectivity index (χ1n) is 9.83. The predicted molar refractivity (Wildman–Crippen MR) is 90.5 cm³/mol. The van der Waals surface area contributed by atoms with Crippen molar-refractivity contribution >= 4 is 23.9 Å². The fourth-order valence-electron chi connectivity index (χ4n) is 5.81. The van der Waals surface area contributed by atoms with Crippen molar-refractivity contribution < 1.29 is 38.1 Å². The third kappa shape index (κ3) is 2.01. The smallest absolute Gasteiger partial charge is 0.320 e. The Hall–Kier alpha value is -2.38. The third-order valence-electron chi connectivity index (χ3n) is 7.35. The Balaban J connectivity index is 0.000000122. The van der Waals surface area contributed by atoms with Crippen molar-refractivity contribution in [3.63, 3.8) is 0 Å². The SMILES string of the molecule is O=C1C[C@]23C=CCC[C@]2(COC3=O)O1.O=C1C[C@]23CCCC[C@]2(COC3=O)O1. The molecule has 6 aliphatic rings. The summed E-state index contributed by atoms with van der Waals surface area (Å²) in [5.74, 6) is -1.04. The molecule has 4 heterocycles. The Bertz CT molecular complexity index is 813. The summed E-state index contributed by atoms with van der Waals surface area (Å²) in [6.07, 6.45) is 9.19. The molecular weight excluding hydrogens is 368 g/mol. The van der Waals surface area contributed by atoms with Crippen molar-refractivity contribution in [2.75, 3.05) is 13.2 Å². The van der Waals surface area contributed by atoms with Gasteiger partial charge in [0.05, 0.1) is 12.8 Å². The zero-order valence-electron chi connectivity index (χ0n) is 15.5. The normalized spacial score (nSPS) is 44.9. The molecule has 150 valence electrons. The lowest BCUT2D eigenvalue weighted by Gasteiger charge is -2.37. The van der Waals surface area contributed by atoms with Crippen molar-refractivity contribution in [2.24, 2.45) is 10.8 Å². The molecule has 0 aromatic rings. The highest BCUT2D eigenvalue weighted by Gasteiger charge is 2.71. The van der Waals surface area contributed by atoms with E-state index < -0.39 is 22.0 Å². The number of allylic oxidation sites excluding steroid dienone is 1. The molecule has 6 rings (SSSR count). The van der Waals surface area contributed by atoms with E-state index in [1.54, 1.807) is 6.08 Å². The summed E-state index contributed by atoms with van der Waals surface area (Å²) in [5, 5.41) is 0. The fraction of sp³-hybridized carbons (Fsp3) is 0.700. The Morgan fingerprint density at radius 1 is 0.750 bits per heavy atom. The summed E-state index contributed by atoms with van der Waals surface area (Å²) in [6, 6.07) is 0. The maximum Gasteiger partial charge on any atom is 0.320 e. The van der Waals surface area contributed by atoms with Gasteiger partial charge in [-0.3, -0.25) is 19.2 Å². The number of hydrogen-bond acceptors (Lipinski definition) is 8. The Labute approximate surface area is 161 Å². The first-order valence-corrected chi connectivity index (χ1v) is 9.83. The molecule has 0 spiro atoms. The van der Waals surface area contributed by atoms with Gasteiger partial charge in [-0.05, 0) is 32.1 Å². The van der Waals surface area contributed by atoms with E-state index in [1.807, 2.05) is 6.08 Å². The highest BCUT2D eigenvalue weighted by Crippen LogP contribution is 2.58. The molecule has 4 saturated heterocycles. The summed E-state index contributed by atoms with van der Waals surface area (Å²) in [6.45, 7) is 0.499. The topological polar surface area (TPSA) is 105 Å². The molecule has 28 heavy (non-hydrogen) atoms. The van der Waals surface area contributed by atoms with E-state index in [9.17, 15) is 19.2 Å². The quantitative estimate of drug-likeness (QED) is 0.347. The Morgan fingerprint density at radius 2 is 1.43 bits per heavy atom. The van der Waals surface area contributed by atoms with Gasteiger partial charge in [-0.2, -0.15) is 0 Å². The lowest BCUT2D eigenvalue weighted by molar-refractivity contribution is -0.153. The molecule has 0 bridgehead atoms. The average Bonchev–Trinajstić information content (AvgIpc) is 3.32. The monoisotopic (exact) mass is 390 g/mol. The van der Waals surface area contributed by atoms with E-state index in [0.29, 0.717) is 6.42 Å². The molecule has 0 N–H and O–H groups in total. The minimum Gasteiger partial charge on any atom is -0.461 e. The van der Waals surface area contributed by atoms with Gasteiger partial charge in [0.1, 0.15) is 24.0 Å². The molecule has 0 amide bonds. The van der Waals surface area contributed by atoms with Gasteiger partial charge in [-0.1, -0.05) is 18.6 Å². The third-order valence-corrected chi connectivity index (χ3v) is 7.35. The number of cyclic esters (lactones) is 2. The zero-order chi connectivity index (χ0) is 19.6. The molecule has 2 aliphatic carbocycles. The van der Waals surface area contributed by atoms with Crippen LogP contribution in [0.1, 0.15) is 51.4 Å². The van der Waals surface area contributed by atoms with Crippen molar-refractivity contribution in [3.05, 3.63) is 12.2 Å². The molecule has 1 saturated carbocycles. The standard InChI is InChI=1S/C10H12O4.C10H10O4/c2*11-7-5-9-3-1-2-4-10(9,14-7)6-13-8(9)12/h1-6H2;1,3H,2,4-6H2/t2*9-,10+/m00/s1. The van der Waals surface area contributed by atoms with E-state index >= 15 is 0 Å². The van der Waals surface area contributed by atoms with Crippen LogP contribution in [0.2, 0.25) is 0 Å². The highest BCUT2D eigenvalue weighted by atomic mass is 16.6. The molecule has 8 heteroatoms. The molecule has 0 unspecified atom stereocenters. The van der Waals surface area contributed by atoms with Crippen molar-refractivity contribution in [3.8, 4) is 0 Å². The molecule has 5 fully saturated rings. The Kier molecular flexibility index (Phi) is 3.53. The number of hydrogen-bond donors (Lipinski definition) is 0. The summed E-state index contributed by atoms with van der Waals surface area (Å²) < 4.78 is 20.8. The van der Waals surface area contributed by atoms with Crippen LogP contribution < -0.4 is 0 Å². The van der Waals surface area contributed by atoms with Crippen LogP contribution in [0.3, 0.4) is 0 Å². The van der Waals surface area contributed by atoms with Crippen molar-refractivity contribution in [1.82, 2.24) is 0 Å². The van der Waals surface area contributed by atoms with Crippen molar-refractivity contribution in [1.29, 1.82) is 0 Å². The van der Waals surface area contributed by atoms with E-state index in [-0.39, 0.29) is 49.9 Å². The van der Waals surface area contributed by atoms with E-state index in [4.69, 9.17) is 18.9 Å². The van der Waals surface area contributed by atoms with Gasteiger partial charge in [-0.25, -0.2) is 0 Å². The maximum atomic E-state index is 11.7. The van der Waals surface area contributed by atoms with Gasteiger partial charge in [-0.15, -0.1) is 0 Å². The van der Waals surface area contributed by atoms with Crippen LogP contribution in [0.25, 0.3) is 0 Å². The summed E-state index contributed by atoms with van der Waals surface area (Å²) in [5.41, 5.74) is -2.71. The lowest BCUT2D eigenvalue weighted by Crippen LogP contribution is -2.48. The van der Waals surface area contributed by atoms with Crippen LogP contribution >= 0.6 is 0 Å². The molecule has 4 atom stereocenters. The van der Waals surface area contributed by atoms with Crippen LogP contribution in [0.15, 0.2) is 12.2 Å². The molecule has 0 aromatic carbocycles. The van der Waals surface area contributed by atoms with Gasteiger partial charge in [0.2, 0.25) is 0 Å². The first-order chi connectivity index (χ1) is 13.4. The van der Waals surface area contributed by atoms with Gasteiger partial charge in [0, 0.05) is 0 Å². The van der Waals surface area contributed by atoms with Crippen LogP contribution in [-0.2, 0) is 38.1 Å². The maximum absolute atomic E-state index is 11.7. The largest absolute Gasteiger partial charge is 0.461 e. The summed E-state index contributed by atoms with van der Waals surface area (Å²) in [7, 11) is 0. The minimum atomic E-state index is -0.803. The lowest BCUT2D eigenvalue weighted by atomic mass is 9.64. The number of rotatable bonds is 0. The second kappa shape index (κ2) is 5.58. The fourth-order valence-corrected chi connectivity index (χ4v) is 5.81. The number of carbonyl (C=O) groups is 4. The average molecular weight is 390 g/mol. The second-order valence-electron chi connectivity index (χ2n) is 8.64. The van der Waals surface area contributed by atoms with Gasteiger partial charge in [0.15, 0.2) is 11.2 Å². The molecule has 8 nitrogen and oxygen atoms in total. The van der Waals surface area contributed by atoms with E-state index in [1.165, 1.54) is 0 Å². The summed E-state index contributed by atoms with van der Waals surface area (Å²) in [4.78, 5) is 46.0. The van der Waals surface area contributed by atoms with E-state index in [0.717, 1.165) is 32.1 Å². The second-order valence-corrected chi connectivity index (χ2v) is 8.64. The van der Waals surface area contributed by atoms with E-state index in [2.05, 4.69) is 0 Å². The zero-order valence-corrected chi connectivity index (χ0v) is 15.5. The van der Waals surface area contributed by atoms with Gasteiger partial charge in [0.25, 0.3) is 0 Å². The number of carbonyl (C=O) groups excluding carboxylic acids is 4.